The Kier molecular flexibility index (Phi) is 6.75. The van der Waals surface area contributed by atoms with E-state index in [0.29, 0.717) is 16.5 Å². The molecule has 2 rings (SSSR count). The smallest absolute Gasteiger partial charge is 0.247 e. The molecule has 1 N–H and O–H groups in total. The fraction of sp³-hybridized carbons (Fsp3) is 0.235. The van der Waals surface area contributed by atoms with Crippen molar-refractivity contribution in [3.8, 4) is 5.75 Å². The van der Waals surface area contributed by atoms with Crippen LogP contribution in [0.3, 0.4) is 0 Å². The number of halogens is 2. The summed E-state index contributed by atoms with van der Waals surface area (Å²) < 4.78 is 32.1. The number of methoxy groups -OCH3 is 1. The van der Waals surface area contributed by atoms with E-state index in [4.69, 9.17) is 16.3 Å². The molecule has 26 heavy (non-hydrogen) atoms. The summed E-state index contributed by atoms with van der Waals surface area (Å²) in [7, 11) is -2.36. The summed E-state index contributed by atoms with van der Waals surface area (Å²) in [6.07, 6.45) is 1.03. The third-order valence-corrected chi connectivity index (χ3v) is 5.76. The van der Waals surface area contributed by atoms with Gasteiger partial charge in [-0.2, -0.15) is 0 Å². The van der Waals surface area contributed by atoms with Crippen molar-refractivity contribution < 1.29 is 17.9 Å². The molecule has 0 saturated carbocycles. The van der Waals surface area contributed by atoms with Gasteiger partial charge < -0.3 is 10.1 Å². The zero-order valence-corrected chi connectivity index (χ0v) is 18.1. The normalized spacial score (nSPS) is 12.3. The number of amides is 1. The molecule has 0 saturated heterocycles. The zero-order valence-electron chi connectivity index (χ0n) is 14.4. The number of nitrogens with zero attached hydrogens (tertiary/aromatic N) is 1. The van der Waals surface area contributed by atoms with Crippen molar-refractivity contribution in [2.45, 2.75) is 13.0 Å². The highest BCUT2D eigenvalue weighted by Gasteiger charge is 2.31. The molecule has 0 spiro atoms. The van der Waals surface area contributed by atoms with Crippen LogP contribution >= 0.6 is 34.2 Å². The van der Waals surface area contributed by atoms with Crippen molar-refractivity contribution in [2.75, 3.05) is 23.0 Å². The molecular formula is C17H18ClIN2O4S. The summed E-state index contributed by atoms with van der Waals surface area (Å²) in [4.78, 5) is 12.7. The fourth-order valence-corrected chi connectivity index (χ4v) is 4.09. The van der Waals surface area contributed by atoms with E-state index in [9.17, 15) is 13.2 Å². The maximum absolute atomic E-state index is 12.7. The first-order valence-corrected chi connectivity index (χ1v) is 10.8. The van der Waals surface area contributed by atoms with Crippen LogP contribution < -0.4 is 14.4 Å². The van der Waals surface area contributed by atoms with Gasteiger partial charge in [-0.05, 0) is 72.0 Å². The van der Waals surface area contributed by atoms with E-state index in [1.54, 1.807) is 24.3 Å². The van der Waals surface area contributed by atoms with E-state index in [0.717, 1.165) is 14.1 Å². The van der Waals surface area contributed by atoms with Crippen LogP contribution in [0, 0.1) is 3.57 Å². The summed E-state index contributed by atoms with van der Waals surface area (Å²) in [5.74, 6) is -0.174. The summed E-state index contributed by atoms with van der Waals surface area (Å²) in [6.45, 7) is 1.50. The first-order chi connectivity index (χ1) is 12.1. The fourth-order valence-electron chi connectivity index (χ4n) is 2.40. The van der Waals surface area contributed by atoms with E-state index in [1.165, 1.54) is 20.1 Å². The highest BCUT2D eigenvalue weighted by Crippen LogP contribution is 2.34. The minimum Gasteiger partial charge on any atom is -0.495 e. The molecular weight excluding hydrogens is 491 g/mol. The Hall–Kier alpha value is -1.52. The second-order valence-corrected chi connectivity index (χ2v) is 9.09. The SMILES string of the molecule is COc1ccc(Cl)cc1N([C@H](C)C(=O)Nc1ccc(I)cc1)S(C)(=O)=O. The number of benzene rings is 2. The van der Waals surface area contributed by atoms with E-state index in [-0.39, 0.29) is 5.69 Å². The molecule has 0 fully saturated rings. The molecule has 0 aliphatic heterocycles. The molecule has 9 heteroatoms. The Morgan fingerprint density at radius 1 is 1.23 bits per heavy atom. The van der Waals surface area contributed by atoms with E-state index in [2.05, 4.69) is 27.9 Å². The average molecular weight is 509 g/mol. The molecule has 0 unspecified atom stereocenters. The lowest BCUT2D eigenvalue weighted by molar-refractivity contribution is -0.116. The molecule has 2 aromatic carbocycles. The molecule has 0 aromatic heterocycles. The monoisotopic (exact) mass is 508 g/mol. The van der Waals surface area contributed by atoms with Crippen molar-refractivity contribution in [2.24, 2.45) is 0 Å². The molecule has 0 aliphatic rings. The lowest BCUT2D eigenvalue weighted by atomic mass is 10.2. The van der Waals surface area contributed by atoms with Gasteiger partial charge in [-0.25, -0.2) is 8.42 Å². The number of hydrogen-bond donors (Lipinski definition) is 1. The Labute approximate surface area is 171 Å². The number of anilines is 2. The van der Waals surface area contributed by atoms with Gasteiger partial charge in [0.1, 0.15) is 11.8 Å². The predicted octanol–water partition coefficient (Wildman–Crippen LogP) is 3.75. The summed E-state index contributed by atoms with van der Waals surface area (Å²) in [6, 6.07) is 10.8. The van der Waals surface area contributed by atoms with Crippen molar-refractivity contribution in [1.29, 1.82) is 0 Å². The minimum absolute atomic E-state index is 0.202. The van der Waals surface area contributed by atoms with Gasteiger partial charge in [-0.3, -0.25) is 9.10 Å². The second kappa shape index (κ2) is 8.45. The molecule has 6 nitrogen and oxygen atoms in total. The van der Waals surface area contributed by atoms with Crippen molar-refractivity contribution >= 4 is 61.5 Å². The number of ether oxygens (including phenoxy) is 1. The number of hydrogen-bond acceptors (Lipinski definition) is 4. The van der Waals surface area contributed by atoms with Crippen LogP contribution in [-0.2, 0) is 14.8 Å². The number of rotatable bonds is 6. The maximum atomic E-state index is 12.7. The van der Waals surface area contributed by atoms with Crippen molar-refractivity contribution in [1.82, 2.24) is 0 Å². The molecule has 0 heterocycles. The molecule has 2 aromatic rings. The van der Waals surface area contributed by atoms with Crippen LogP contribution in [0.1, 0.15) is 6.92 Å². The van der Waals surface area contributed by atoms with Crippen LogP contribution in [-0.4, -0.2) is 33.7 Å². The quantitative estimate of drug-likeness (QED) is 0.603. The molecule has 140 valence electrons. The Morgan fingerprint density at radius 2 is 1.85 bits per heavy atom. The van der Waals surface area contributed by atoms with Gasteiger partial charge in [0.2, 0.25) is 15.9 Å². The number of carbonyl (C=O) groups excluding carboxylic acids is 1. The van der Waals surface area contributed by atoms with Crippen molar-refractivity contribution in [3.05, 3.63) is 51.1 Å². The first kappa shape index (κ1) is 20.8. The molecule has 0 aliphatic carbocycles. The molecule has 1 amide bonds. The van der Waals surface area contributed by atoms with Gasteiger partial charge in [-0.1, -0.05) is 11.6 Å². The van der Waals surface area contributed by atoms with E-state index in [1.807, 2.05) is 12.1 Å². The Bertz CT molecular complexity index is 903. The highest BCUT2D eigenvalue weighted by atomic mass is 127. The van der Waals surface area contributed by atoms with Gasteiger partial charge in [0.05, 0.1) is 19.1 Å². The van der Waals surface area contributed by atoms with Gasteiger partial charge in [0.25, 0.3) is 0 Å². The van der Waals surface area contributed by atoms with Gasteiger partial charge in [0.15, 0.2) is 0 Å². The van der Waals surface area contributed by atoms with Gasteiger partial charge >= 0.3 is 0 Å². The van der Waals surface area contributed by atoms with E-state index < -0.39 is 22.0 Å². The third-order valence-electron chi connectivity index (χ3n) is 3.58. The van der Waals surface area contributed by atoms with Crippen LogP contribution in [0.2, 0.25) is 5.02 Å². The second-order valence-electron chi connectivity index (χ2n) is 5.55. The summed E-state index contributed by atoms with van der Waals surface area (Å²) in [5, 5.41) is 3.05. The number of carbonyl (C=O) groups is 1. The highest BCUT2D eigenvalue weighted by molar-refractivity contribution is 14.1. The van der Waals surface area contributed by atoms with Crippen LogP contribution in [0.15, 0.2) is 42.5 Å². The average Bonchev–Trinajstić information content (AvgIpc) is 2.56. The van der Waals surface area contributed by atoms with Crippen LogP contribution in [0.5, 0.6) is 5.75 Å². The number of sulfonamides is 1. The van der Waals surface area contributed by atoms with Gasteiger partial charge in [-0.15, -0.1) is 0 Å². The van der Waals surface area contributed by atoms with Crippen molar-refractivity contribution in [3.63, 3.8) is 0 Å². The van der Waals surface area contributed by atoms with E-state index >= 15 is 0 Å². The van der Waals surface area contributed by atoms with Crippen LogP contribution in [0.25, 0.3) is 0 Å². The summed E-state index contributed by atoms with van der Waals surface area (Å²) >= 11 is 8.17. The third kappa shape index (κ3) is 5.01. The lowest BCUT2D eigenvalue weighted by Gasteiger charge is -2.29. The maximum Gasteiger partial charge on any atom is 0.247 e. The number of nitrogens with one attached hydrogen (secondary N) is 1. The largest absolute Gasteiger partial charge is 0.495 e. The summed E-state index contributed by atoms with van der Waals surface area (Å²) in [5.41, 5.74) is 0.779. The predicted molar refractivity (Wildman–Crippen MR) is 113 cm³/mol. The first-order valence-electron chi connectivity index (χ1n) is 7.53. The molecule has 1 atom stereocenters. The Morgan fingerprint density at radius 3 is 2.38 bits per heavy atom. The standard InChI is InChI=1S/C17H18ClIN2O4S/c1-11(17(22)20-14-7-5-13(19)6-8-14)21(26(3,23)24)15-10-12(18)4-9-16(15)25-2/h4-11H,1-3H3,(H,20,22)/t11-/m1/s1. The van der Waals surface area contributed by atoms with Gasteiger partial charge in [0, 0.05) is 14.3 Å². The lowest BCUT2D eigenvalue weighted by Crippen LogP contribution is -2.45. The van der Waals surface area contributed by atoms with Crippen LogP contribution in [0.4, 0.5) is 11.4 Å². The molecule has 0 bridgehead atoms. The minimum atomic E-state index is -3.78. The molecule has 0 radical (unpaired) electrons. The Balaban J connectivity index is 2.39. The topological polar surface area (TPSA) is 75.7 Å². The zero-order chi connectivity index (χ0) is 19.5.